The highest BCUT2D eigenvalue weighted by molar-refractivity contribution is 6.33. The van der Waals surface area contributed by atoms with E-state index in [1.165, 1.54) is 0 Å². The van der Waals surface area contributed by atoms with Gasteiger partial charge in [0.15, 0.2) is 28.2 Å². The van der Waals surface area contributed by atoms with Gasteiger partial charge in [0.25, 0.3) is 22.2 Å². The minimum Gasteiger partial charge on any atom is -0.395 e. The fourth-order valence-electron chi connectivity index (χ4n) is 17.6. The molecule has 121 heavy (non-hydrogen) atoms. The van der Waals surface area contributed by atoms with Gasteiger partial charge in [0.1, 0.15) is 16.9 Å². The maximum absolute atomic E-state index is 12.9. The number of hydrogen-bond acceptors (Lipinski definition) is 21. The number of pyridine rings is 4. The smallest absolute Gasteiger partial charge is 0.258 e. The van der Waals surface area contributed by atoms with Crippen LogP contribution in [0.25, 0.3) is 90.2 Å². The number of fused-ring (bicyclic) bond motifs is 8. The standard InChI is InChI=1S/C23H25ClN6O.C23H26N6O2.C23H26N6O.C22H24N6O/c1-14(2)28-6-4-16(5-7-28)20-13-30-21(10-25-20)27-19(9-22(30)31)17-8-18(24)23-26-15(3)11-29(23)12-17;1-15-9-18(13-28-12-16(2)25-23(15)28)19-10-22(31)29-14-20(24-11-21(29)26-19)17-3-5-27(6-4-17)7-8-30;1-4-27-7-5-17(6-8-27)20-14-29-21(11-24-20)26-19(10-22(29)30)18-9-15(2)23-25-16(3)12-28(23)13-18;1-14-8-17(12-27-11-15(2)24-22(14)27)18-9-21(29)28-13-19(23-10-20(28)25-18)16-4-6-26(3)7-5-16/h8-14,16H,4-7H2,1-3H3;9-14,17,30H,3-8H2,1-2H3;9-14,17H,4-8H2,1-3H3;8-13,16H,4-7H2,1-3H3. The normalized spacial score (nSPS) is 16.0. The third-order valence-corrected chi connectivity index (χ3v) is 24.6. The average Bonchev–Trinajstić information content (AvgIpc) is 1.77. The maximum atomic E-state index is 12.9. The van der Waals surface area contributed by atoms with E-state index in [1.807, 2.05) is 159 Å². The van der Waals surface area contributed by atoms with Gasteiger partial charge < -0.3 is 42.3 Å². The lowest BCUT2D eigenvalue weighted by molar-refractivity contribution is 0.163. The molecule has 4 saturated heterocycles. The second-order valence-electron chi connectivity index (χ2n) is 33.4. The molecule has 0 saturated carbocycles. The van der Waals surface area contributed by atoms with Crippen LogP contribution in [0.4, 0.5) is 0 Å². The summed E-state index contributed by atoms with van der Waals surface area (Å²) in [7, 11) is 2.14. The number of aryl methyl sites for hydroxylation is 7. The van der Waals surface area contributed by atoms with E-state index in [0.29, 0.717) is 92.3 Å². The zero-order chi connectivity index (χ0) is 84.2. The van der Waals surface area contributed by atoms with Crippen molar-refractivity contribution in [2.24, 2.45) is 0 Å². The highest BCUT2D eigenvalue weighted by Gasteiger charge is 2.28. The first-order chi connectivity index (χ1) is 58.4. The third-order valence-electron chi connectivity index (χ3n) is 24.3. The van der Waals surface area contributed by atoms with Crippen molar-refractivity contribution in [1.82, 2.24) is 115 Å². The lowest BCUT2D eigenvalue weighted by Crippen LogP contribution is -2.38. The third kappa shape index (κ3) is 17.3. The Hall–Kier alpha value is -12.0. The summed E-state index contributed by atoms with van der Waals surface area (Å²) in [5.41, 5.74) is 22.0. The molecule has 4 fully saturated rings. The molecule has 20 heterocycles. The summed E-state index contributed by atoms with van der Waals surface area (Å²) in [5, 5.41) is 9.64. The van der Waals surface area contributed by atoms with E-state index in [0.717, 1.165) is 212 Å². The van der Waals surface area contributed by atoms with Gasteiger partial charge in [-0.2, -0.15) is 0 Å². The van der Waals surface area contributed by atoms with Crippen molar-refractivity contribution < 1.29 is 5.11 Å². The second kappa shape index (κ2) is 34.3. The van der Waals surface area contributed by atoms with Gasteiger partial charge in [-0.25, -0.2) is 39.9 Å². The zero-order valence-corrected chi connectivity index (χ0v) is 71.1. The molecule has 0 amide bonds. The predicted octanol–water partition coefficient (Wildman–Crippen LogP) is 12.2. The van der Waals surface area contributed by atoms with Crippen molar-refractivity contribution in [3.63, 3.8) is 0 Å². The number of hydrogen-bond donors (Lipinski definition) is 1. The molecule has 0 spiro atoms. The number of nitrogens with zero attached hydrogens (tertiary/aromatic N) is 24. The molecule has 16 aromatic rings. The van der Waals surface area contributed by atoms with Crippen LogP contribution in [0.3, 0.4) is 0 Å². The number of likely N-dealkylation sites (tertiary alicyclic amines) is 4. The van der Waals surface area contributed by atoms with Crippen molar-refractivity contribution in [2.45, 2.75) is 150 Å². The SMILES string of the molecule is CCN1CCC(c2cn3c(=O)cc(-c4cc(C)c5nc(C)cn5c4)nc3cn2)CC1.Cc1cn2cc(-c3cc(=O)n4cc(C5CCN(C(C)C)CC5)ncc4n3)cc(Cl)c2n1.Cc1cn2cc(-c3cc(=O)n4cc(C5CCN(C)CC5)ncc4n3)cc(C)c2n1.Cc1cn2cc(-c3cc(=O)n4cc(C5CCN(CCO)CC5)ncc4n3)cc(C)c2n1. The second-order valence-corrected chi connectivity index (χ2v) is 33.8. The topological polar surface area (TPSA) is 291 Å². The lowest BCUT2D eigenvalue weighted by atomic mass is 9.93. The summed E-state index contributed by atoms with van der Waals surface area (Å²) in [6.07, 6.45) is 38.3. The molecule has 0 unspecified atom stereocenters. The summed E-state index contributed by atoms with van der Waals surface area (Å²) in [4.78, 5) is 117. The number of aliphatic hydroxyl groups excluding tert-OH is 1. The summed E-state index contributed by atoms with van der Waals surface area (Å²) in [6.45, 7) is 30.8. The number of piperidine rings is 4. The first-order valence-corrected chi connectivity index (χ1v) is 42.4. The Labute approximate surface area is 703 Å². The van der Waals surface area contributed by atoms with Crippen LogP contribution in [0.5, 0.6) is 0 Å². The Kier molecular flexibility index (Phi) is 23.0. The molecular weight excluding hydrogens is 1540 g/mol. The number of rotatable bonds is 12. The summed E-state index contributed by atoms with van der Waals surface area (Å²) in [6, 6.07) is 14.8. The number of aromatic nitrogens is 20. The van der Waals surface area contributed by atoms with Gasteiger partial charge in [0.2, 0.25) is 0 Å². The highest BCUT2D eigenvalue weighted by atomic mass is 35.5. The monoisotopic (exact) mass is 1640 g/mol. The van der Waals surface area contributed by atoms with Crippen LogP contribution in [-0.2, 0) is 0 Å². The van der Waals surface area contributed by atoms with Crippen molar-refractivity contribution in [1.29, 1.82) is 0 Å². The Morgan fingerprint density at radius 1 is 0.372 bits per heavy atom. The molecular formula is C91H101ClN24O5. The first kappa shape index (κ1) is 81.4. The molecule has 1 N–H and O–H groups in total. The average molecular weight is 1650 g/mol. The van der Waals surface area contributed by atoms with Gasteiger partial charge in [0, 0.05) is 157 Å². The molecule has 29 nitrogen and oxygen atoms in total. The zero-order valence-electron chi connectivity index (χ0n) is 70.4. The molecule has 30 heteroatoms. The van der Waals surface area contributed by atoms with E-state index < -0.39 is 0 Å². The van der Waals surface area contributed by atoms with Crippen molar-refractivity contribution >= 4 is 56.8 Å². The highest BCUT2D eigenvalue weighted by Crippen LogP contribution is 2.34. The molecule has 0 aromatic carbocycles. The van der Waals surface area contributed by atoms with E-state index in [1.54, 1.807) is 72.7 Å². The van der Waals surface area contributed by atoms with E-state index in [4.69, 9.17) is 31.7 Å². The molecule has 622 valence electrons. The molecule has 0 aliphatic carbocycles. The van der Waals surface area contributed by atoms with Gasteiger partial charge >= 0.3 is 0 Å². The Bertz CT molecular complexity index is 6860. The van der Waals surface area contributed by atoms with Crippen LogP contribution in [-0.4, -0.2) is 205 Å². The fourth-order valence-corrected chi connectivity index (χ4v) is 17.9. The number of aliphatic hydroxyl groups is 1. The molecule has 16 aromatic heterocycles. The van der Waals surface area contributed by atoms with Crippen LogP contribution in [0, 0.1) is 48.5 Å². The van der Waals surface area contributed by atoms with Crippen LogP contribution in [0.2, 0.25) is 5.02 Å². The fraction of sp³-hybridized carbons (Fsp3) is 0.385. The van der Waals surface area contributed by atoms with Crippen LogP contribution in [0.15, 0.2) is 167 Å². The van der Waals surface area contributed by atoms with Crippen LogP contribution >= 0.6 is 11.6 Å². The van der Waals surface area contributed by atoms with Gasteiger partial charge in [-0.3, -0.25) is 56.7 Å². The van der Waals surface area contributed by atoms with Crippen LogP contribution < -0.4 is 22.2 Å². The van der Waals surface area contributed by atoms with E-state index in [2.05, 4.69) is 92.3 Å². The molecule has 4 aliphatic heterocycles. The maximum Gasteiger partial charge on any atom is 0.258 e. The molecule has 0 bridgehead atoms. The lowest BCUT2D eigenvalue weighted by Gasteiger charge is -2.34. The summed E-state index contributed by atoms with van der Waals surface area (Å²) in [5.74, 6) is 1.49. The van der Waals surface area contributed by atoms with Gasteiger partial charge in [0.05, 0.1) is 105 Å². The van der Waals surface area contributed by atoms with Gasteiger partial charge in [-0.05, 0) is 221 Å². The largest absolute Gasteiger partial charge is 0.395 e. The van der Waals surface area contributed by atoms with Crippen molar-refractivity contribution in [2.75, 3.05) is 79.1 Å². The molecule has 0 atom stereocenters. The van der Waals surface area contributed by atoms with E-state index in [-0.39, 0.29) is 28.8 Å². The van der Waals surface area contributed by atoms with Gasteiger partial charge in [-0.1, -0.05) is 18.5 Å². The first-order valence-electron chi connectivity index (χ1n) is 42.0. The summed E-state index contributed by atoms with van der Waals surface area (Å²) < 4.78 is 14.3. The van der Waals surface area contributed by atoms with Crippen LogP contribution in [0.1, 0.15) is 158 Å². The Balaban J connectivity index is 0.000000115. The van der Waals surface area contributed by atoms with E-state index >= 15 is 0 Å². The minimum absolute atomic E-state index is 0.0794. The molecule has 0 radical (unpaired) electrons. The van der Waals surface area contributed by atoms with E-state index in [9.17, 15) is 19.2 Å². The van der Waals surface area contributed by atoms with Crippen molar-refractivity contribution in [3.8, 4) is 45.0 Å². The van der Waals surface area contributed by atoms with Crippen molar-refractivity contribution in [3.05, 3.63) is 256 Å². The number of β-amino-alcohol motifs (C(OH)–C–C–N with tert-alkyl or cyclic N) is 1. The Morgan fingerprint density at radius 2 is 0.661 bits per heavy atom. The predicted molar refractivity (Wildman–Crippen MR) is 470 cm³/mol. The minimum atomic E-state index is -0.124. The quantitative estimate of drug-likeness (QED) is 0.119. The van der Waals surface area contributed by atoms with Gasteiger partial charge in [-0.15, -0.1) is 0 Å². The Morgan fingerprint density at radius 3 is 0.975 bits per heavy atom. The summed E-state index contributed by atoms with van der Waals surface area (Å²) >= 11 is 6.41. The molecule has 20 rings (SSSR count). The number of halogens is 1. The molecule has 4 aliphatic rings. The number of imidazole rings is 4.